The molecule has 4 rings (SSSR count). The molecule has 2 aromatic heterocycles. The minimum Gasteiger partial charge on any atom is -0.467 e. The van der Waals surface area contributed by atoms with E-state index >= 15 is 0 Å². The third kappa shape index (κ3) is 3.12. The van der Waals surface area contributed by atoms with Crippen molar-refractivity contribution in [2.24, 2.45) is 0 Å². The highest BCUT2D eigenvalue weighted by Gasteiger charge is 2.26. The summed E-state index contributed by atoms with van der Waals surface area (Å²) in [6.07, 6.45) is 3.40. The van der Waals surface area contributed by atoms with Crippen molar-refractivity contribution in [1.82, 2.24) is 4.57 Å². The fraction of sp³-hybridized carbons (Fsp3) is 0.200. The number of rotatable bonds is 4. The smallest absolute Gasteiger partial charge is 0.343 e. The predicted molar refractivity (Wildman–Crippen MR) is 93.3 cm³/mol. The summed E-state index contributed by atoms with van der Waals surface area (Å²) in [5, 5.41) is 9.53. The largest absolute Gasteiger partial charge is 0.467 e. The molecular formula is C20H15FN2O5. The molecule has 1 aromatic carbocycles. The van der Waals surface area contributed by atoms with Crippen LogP contribution in [-0.4, -0.2) is 17.3 Å². The third-order valence-electron chi connectivity index (χ3n) is 4.33. The normalized spacial score (nSPS) is 12.8. The molecule has 142 valence electrons. The van der Waals surface area contributed by atoms with Crippen LogP contribution in [0.25, 0.3) is 5.88 Å². The number of aromatic nitrogens is 1. The average molecular weight is 382 g/mol. The van der Waals surface area contributed by atoms with Gasteiger partial charge in [-0.1, -0.05) is 0 Å². The number of carbonyl (C=O) groups excluding carboxylic acids is 1. The fourth-order valence-corrected chi connectivity index (χ4v) is 3.11. The molecule has 0 atom stereocenters. The Morgan fingerprint density at radius 1 is 1.36 bits per heavy atom. The monoisotopic (exact) mass is 382 g/mol. The van der Waals surface area contributed by atoms with Crippen LogP contribution in [0.1, 0.15) is 32.8 Å². The van der Waals surface area contributed by atoms with E-state index in [0.29, 0.717) is 16.9 Å². The number of fused-ring (bicyclic) bond motifs is 1. The number of halogens is 1. The highest BCUT2D eigenvalue weighted by molar-refractivity contribution is 5.94. The first-order chi connectivity index (χ1) is 13.6. The van der Waals surface area contributed by atoms with Gasteiger partial charge in [0.05, 0.1) is 6.61 Å². The van der Waals surface area contributed by atoms with E-state index in [1.165, 1.54) is 12.1 Å². The van der Waals surface area contributed by atoms with Crippen molar-refractivity contribution >= 4 is 5.97 Å². The molecule has 0 unspecified atom stereocenters. The summed E-state index contributed by atoms with van der Waals surface area (Å²) in [6.45, 7) is 1.62. The Morgan fingerprint density at radius 3 is 2.89 bits per heavy atom. The van der Waals surface area contributed by atoms with Gasteiger partial charge in [-0.05, 0) is 31.2 Å². The van der Waals surface area contributed by atoms with Crippen LogP contribution < -0.4 is 4.74 Å². The molecule has 0 N–H and O–H groups in total. The Hall–Kier alpha value is -3.57. The predicted octanol–water partition coefficient (Wildman–Crippen LogP) is 3.61. The Morgan fingerprint density at radius 2 is 2.14 bits per heavy atom. The van der Waals surface area contributed by atoms with Crippen LogP contribution in [0.4, 0.5) is 4.39 Å². The lowest BCUT2D eigenvalue weighted by Gasteiger charge is -2.20. The summed E-state index contributed by atoms with van der Waals surface area (Å²) >= 11 is 0. The molecule has 0 fully saturated rings. The van der Waals surface area contributed by atoms with Crippen molar-refractivity contribution in [3.63, 3.8) is 0 Å². The highest BCUT2D eigenvalue weighted by Crippen LogP contribution is 2.31. The van der Waals surface area contributed by atoms with E-state index in [9.17, 15) is 14.4 Å². The summed E-state index contributed by atoms with van der Waals surface area (Å²) in [4.78, 5) is 12.7. The fourth-order valence-electron chi connectivity index (χ4n) is 3.11. The van der Waals surface area contributed by atoms with Crippen LogP contribution in [0, 0.1) is 24.1 Å². The number of ether oxygens (including phenoxy) is 3. The first-order valence-electron chi connectivity index (χ1n) is 8.44. The number of aryl methyl sites for hydroxylation is 1. The van der Waals surface area contributed by atoms with E-state index in [1.807, 2.05) is 6.07 Å². The Labute approximate surface area is 159 Å². The van der Waals surface area contributed by atoms with Crippen molar-refractivity contribution in [3.05, 3.63) is 70.5 Å². The van der Waals surface area contributed by atoms with Gasteiger partial charge < -0.3 is 18.6 Å². The number of nitrogens with zero attached hydrogens (tertiary/aromatic N) is 2. The number of furan rings is 1. The maximum atomic E-state index is 13.8. The van der Waals surface area contributed by atoms with Gasteiger partial charge in [-0.3, -0.25) is 4.57 Å². The maximum absolute atomic E-state index is 13.8. The van der Waals surface area contributed by atoms with Crippen molar-refractivity contribution in [2.75, 3.05) is 6.79 Å². The molecule has 8 heteroatoms. The summed E-state index contributed by atoms with van der Waals surface area (Å²) in [5.41, 5.74) is 1.05. The lowest BCUT2D eigenvalue weighted by molar-refractivity contribution is -0.0183. The SMILES string of the molecule is Cc1oc(-n2cccc2)c(C#N)c1C(=O)OCc1cc(F)cc2c1OCOC2. The molecule has 28 heavy (non-hydrogen) atoms. The molecule has 1 aliphatic heterocycles. The van der Waals surface area contributed by atoms with Crippen LogP contribution in [-0.2, 0) is 22.7 Å². The molecule has 0 aliphatic carbocycles. The minimum absolute atomic E-state index is 0.0409. The first-order valence-corrected chi connectivity index (χ1v) is 8.44. The van der Waals surface area contributed by atoms with Crippen LogP contribution in [0.15, 0.2) is 41.1 Å². The van der Waals surface area contributed by atoms with E-state index in [1.54, 1.807) is 36.0 Å². The molecular weight excluding hydrogens is 367 g/mol. The topological polar surface area (TPSA) is 86.6 Å². The molecule has 0 saturated heterocycles. The second kappa shape index (κ2) is 7.21. The van der Waals surface area contributed by atoms with Gasteiger partial charge in [0.2, 0.25) is 5.88 Å². The lowest BCUT2D eigenvalue weighted by Crippen LogP contribution is -2.15. The number of nitriles is 1. The zero-order valence-electron chi connectivity index (χ0n) is 14.9. The quantitative estimate of drug-likeness (QED) is 0.641. The standard InChI is InChI=1S/C20H15FN2O5/c1-12-17(16(8-22)19(28-12)23-4-2-3-5-23)20(24)26-10-14-7-15(21)6-13-9-25-11-27-18(13)14/h2-7H,9-11H2,1H3. The number of hydrogen-bond acceptors (Lipinski definition) is 6. The van der Waals surface area contributed by atoms with Crippen molar-refractivity contribution in [3.8, 4) is 17.7 Å². The number of hydrogen-bond donors (Lipinski definition) is 0. The maximum Gasteiger partial charge on any atom is 0.343 e. The third-order valence-corrected chi connectivity index (χ3v) is 4.33. The van der Waals surface area contributed by atoms with Gasteiger partial charge in [0, 0.05) is 23.5 Å². The van der Waals surface area contributed by atoms with Crippen LogP contribution in [0.2, 0.25) is 0 Å². The zero-order valence-corrected chi connectivity index (χ0v) is 14.9. The minimum atomic E-state index is -0.735. The van der Waals surface area contributed by atoms with E-state index < -0.39 is 11.8 Å². The number of carbonyl (C=O) groups is 1. The number of esters is 1. The van der Waals surface area contributed by atoms with E-state index in [0.717, 1.165) is 0 Å². The van der Waals surface area contributed by atoms with Gasteiger partial charge in [-0.25, -0.2) is 9.18 Å². The molecule has 0 bridgehead atoms. The average Bonchev–Trinajstić information content (AvgIpc) is 3.33. The zero-order chi connectivity index (χ0) is 19.7. The van der Waals surface area contributed by atoms with Crippen LogP contribution in [0.3, 0.4) is 0 Å². The second-order valence-electron chi connectivity index (χ2n) is 6.16. The van der Waals surface area contributed by atoms with Gasteiger partial charge in [0.1, 0.15) is 41.1 Å². The van der Waals surface area contributed by atoms with Gasteiger partial charge in [0.15, 0.2) is 6.79 Å². The lowest BCUT2D eigenvalue weighted by atomic mass is 10.1. The summed E-state index contributed by atoms with van der Waals surface area (Å²) < 4.78 is 36.9. The molecule has 3 heterocycles. The van der Waals surface area contributed by atoms with Crippen molar-refractivity contribution in [1.29, 1.82) is 5.26 Å². The summed E-state index contributed by atoms with van der Waals surface area (Å²) in [5.74, 6) is -0.276. The van der Waals surface area contributed by atoms with Gasteiger partial charge in [0.25, 0.3) is 0 Å². The molecule has 3 aromatic rings. The van der Waals surface area contributed by atoms with Gasteiger partial charge in [-0.2, -0.15) is 5.26 Å². The Balaban J connectivity index is 1.61. The van der Waals surface area contributed by atoms with E-state index in [-0.39, 0.29) is 42.8 Å². The van der Waals surface area contributed by atoms with Crippen LogP contribution in [0.5, 0.6) is 5.75 Å². The van der Waals surface area contributed by atoms with E-state index in [2.05, 4.69) is 0 Å². The van der Waals surface area contributed by atoms with E-state index in [4.69, 9.17) is 18.6 Å². The van der Waals surface area contributed by atoms with Crippen molar-refractivity contribution < 1.29 is 27.8 Å². The molecule has 0 saturated carbocycles. The number of benzene rings is 1. The van der Waals surface area contributed by atoms with Crippen molar-refractivity contribution in [2.45, 2.75) is 20.1 Å². The molecule has 1 aliphatic rings. The first kappa shape index (κ1) is 17.8. The summed E-state index contributed by atoms with van der Waals surface area (Å²) in [7, 11) is 0. The Bertz CT molecular complexity index is 1080. The summed E-state index contributed by atoms with van der Waals surface area (Å²) in [6, 6.07) is 8.10. The molecule has 7 nitrogen and oxygen atoms in total. The van der Waals surface area contributed by atoms with Gasteiger partial charge >= 0.3 is 5.97 Å². The molecule has 0 spiro atoms. The second-order valence-corrected chi connectivity index (χ2v) is 6.16. The Kier molecular flexibility index (Phi) is 4.59. The highest BCUT2D eigenvalue weighted by atomic mass is 19.1. The van der Waals surface area contributed by atoms with Gasteiger partial charge in [-0.15, -0.1) is 0 Å². The molecule has 0 amide bonds. The van der Waals surface area contributed by atoms with Crippen LogP contribution >= 0.6 is 0 Å². The molecule has 0 radical (unpaired) electrons.